The van der Waals surface area contributed by atoms with Gasteiger partial charge in [-0.25, -0.2) is 9.98 Å². The van der Waals surface area contributed by atoms with Gasteiger partial charge in [0.2, 0.25) is 0 Å². The Bertz CT molecular complexity index is 550. The molecule has 1 aromatic rings. The van der Waals surface area contributed by atoms with Crippen molar-refractivity contribution >= 4 is 41.3 Å². The Morgan fingerprint density at radius 2 is 2.20 bits per heavy atom. The second-order valence-corrected chi connectivity index (χ2v) is 6.95. The molecule has 5 nitrogen and oxygen atoms in total. The minimum Gasteiger partial charge on any atom is -0.357 e. The standard InChI is InChI=1S/C15H24F3N5S.HI/c1-3-12-7-20-13(24-12)8-21-14(19-4-2)22-11-5-6-23(9-11)10-15(16,17)18;/h7,11H,3-6,8-10H2,1-2H3,(H2,19,21,22);1H. The summed E-state index contributed by atoms with van der Waals surface area (Å²) >= 11 is 1.64. The number of hydrogen-bond donors (Lipinski definition) is 2. The summed E-state index contributed by atoms with van der Waals surface area (Å²) in [5.74, 6) is 0.629. The maximum Gasteiger partial charge on any atom is 0.401 e. The second-order valence-electron chi connectivity index (χ2n) is 5.75. The van der Waals surface area contributed by atoms with Crippen molar-refractivity contribution in [1.29, 1.82) is 0 Å². The summed E-state index contributed by atoms with van der Waals surface area (Å²) in [5, 5.41) is 7.31. The molecule has 0 aliphatic carbocycles. The number of rotatable bonds is 6. The highest BCUT2D eigenvalue weighted by Crippen LogP contribution is 2.20. The van der Waals surface area contributed by atoms with Crippen molar-refractivity contribution in [3.8, 4) is 0 Å². The van der Waals surface area contributed by atoms with E-state index in [1.165, 1.54) is 9.78 Å². The summed E-state index contributed by atoms with van der Waals surface area (Å²) in [6, 6.07) is -0.0207. The Morgan fingerprint density at radius 1 is 1.44 bits per heavy atom. The Hall–Kier alpha value is -0.620. The summed E-state index contributed by atoms with van der Waals surface area (Å²) in [4.78, 5) is 11.5. The molecule has 1 fully saturated rings. The lowest BCUT2D eigenvalue weighted by Gasteiger charge is -2.19. The van der Waals surface area contributed by atoms with Crippen molar-refractivity contribution in [2.75, 3.05) is 26.2 Å². The number of aromatic nitrogens is 1. The Labute approximate surface area is 167 Å². The number of likely N-dealkylation sites (tertiary alicyclic amines) is 1. The quantitative estimate of drug-likeness (QED) is 0.365. The number of aliphatic imine (C=N–C) groups is 1. The first-order valence-corrected chi connectivity index (χ1v) is 8.98. The highest BCUT2D eigenvalue weighted by molar-refractivity contribution is 14.0. The minimum atomic E-state index is -4.14. The molecule has 1 saturated heterocycles. The fourth-order valence-corrected chi connectivity index (χ4v) is 3.38. The van der Waals surface area contributed by atoms with Crippen LogP contribution in [0, 0.1) is 0 Å². The molecule has 10 heteroatoms. The molecule has 25 heavy (non-hydrogen) atoms. The SMILES string of the molecule is CCNC(=NCc1ncc(CC)s1)NC1CCN(CC(F)(F)F)C1.I. The molecule has 1 unspecified atom stereocenters. The summed E-state index contributed by atoms with van der Waals surface area (Å²) in [7, 11) is 0. The van der Waals surface area contributed by atoms with E-state index in [1.807, 2.05) is 13.1 Å². The van der Waals surface area contributed by atoms with Crippen LogP contribution in [0.1, 0.15) is 30.2 Å². The fourth-order valence-electron chi connectivity index (χ4n) is 2.59. The van der Waals surface area contributed by atoms with Crippen LogP contribution >= 0.6 is 35.3 Å². The first-order chi connectivity index (χ1) is 11.4. The summed E-state index contributed by atoms with van der Waals surface area (Å²) in [5.41, 5.74) is 0. The molecule has 0 saturated carbocycles. The zero-order valence-corrected chi connectivity index (χ0v) is 17.5. The molecular weight excluding hydrogens is 466 g/mol. The van der Waals surface area contributed by atoms with Gasteiger partial charge in [0.05, 0.1) is 13.1 Å². The second kappa shape index (κ2) is 10.5. The summed E-state index contributed by atoms with van der Waals surface area (Å²) in [6.07, 6.45) is -0.647. The molecule has 0 amide bonds. The number of hydrogen-bond acceptors (Lipinski definition) is 4. The molecule has 1 aliphatic rings. The lowest BCUT2D eigenvalue weighted by molar-refractivity contribution is -0.143. The number of nitrogens with zero attached hydrogens (tertiary/aromatic N) is 3. The highest BCUT2D eigenvalue weighted by atomic mass is 127. The number of alkyl halides is 3. The molecule has 0 bridgehead atoms. The van der Waals surface area contributed by atoms with Crippen LogP contribution in [0.2, 0.25) is 0 Å². The number of aryl methyl sites for hydroxylation is 1. The number of halogens is 4. The Kier molecular flexibility index (Phi) is 9.43. The van der Waals surface area contributed by atoms with Gasteiger partial charge in [-0.15, -0.1) is 35.3 Å². The summed E-state index contributed by atoms with van der Waals surface area (Å²) in [6.45, 7) is 5.18. The van der Waals surface area contributed by atoms with E-state index in [-0.39, 0.29) is 30.0 Å². The van der Waals surface area contributed by atoms with Crippen LogP contribution in [-0.2, 0) is 13.0 Å². The maximum atomic E-state index is 12.5. The van der Waals surface area contributed by atoms with Crippen molar-refractivity contribution in [3.63, 3.8) is 0 Å². The largest absolute Gasteiger partial charge is 0.401 e. The molecule has 1 atom stereocenters. The van der Waals surface area contributed by atoms with E-state index in [9.17, 15) is 13.2 Å². The lowest BCUT2D eigenvalue weighted by atomic mass is 10.3. The third kappa shape index (κ3) is 8.07. The van der Waals surface area contributed by atoms with Gasteiger partial charge in [0.1, 0.15) is 5.01 Å². The first kappa shape index (κ1) is 22.4. The molecule has 1 aliphatic heterocycles. The third-order valence-corrected chi connectivity index (χ3v) is 4.81. The van der Waals surface area contributed by atoms with Gasteiger partial charge in [0, 0.05) is 36.8 Å². The number of guanidine groups is 1. The molecule has 0 radical (unpaired) electrons. The molecule has 1 aromatic heterocycles. The number of nitrogens with one attached hydrogen (secondary N) is 2. The molecule has 0 aromatic carbocycles. The average molecular weight is 491 g/mol. The molecule has 2 N–H and O–H groups in total. The van der Waals surface area contributed by atoms with E-state index in [1.54, 1.807) is 11.3 Å². The van der Waals surface area contributed by atoms with Crippen LogP contribution in [0.15, 0.2) is 11.2 Å². The zero-order valence-electron chi connectivity index (χ0n) is 14.4. The molecular formula is C15H25F3IN5S. The van der Waals surface area contributed by atoms with E-state index in [0.717, 1.165) is 11.4 Å². The number of thiazole rings is 1. The normalized spacial score (nSPS) is 18.9. The van der Waals surface area contributed by atoms with Crippen molar-refractivity contribution in [1.82, 2.24) is 20.5 Å². The van der Waals surface area contributed by atoms with Crippen molar-refractivity contribution in [3.05, 3.63) is 16.1 Å². The predicted octanol–water partition coefficient (Wildman–Crippen LogP) is 3.02. The van der Waals surface area contributed by atoms with Crippen molar-refractivity contribution in [2.24, 2.45) is 4.99 Å². The smallest absolute Gasteiger partial charge is 0.357 e. The Morgan fingerprint density at radius 3 is 2.80 bits per heavy atom. The van der Waals surface area contributed by atoms with E-state index < -0.39 is 12.7 Å². The van der Waals surface area contributed by atoms with E-state index in [0.29, 0.717) is 38.6 Å². The van der Waals surface area contributed by atoms with Crippen LogP contribution < -0.4 is 10.6 Å². The van der Waals surface area contributed by atoms with E-state index >= 15 is 0 Å². The van der Waals surface area contributed by atoms with Crippen LogP contribution in [-0.4, -0.2) is 54.2 Å². The fraction of sp³-hybridized carbons (Fsp3) is 0.733. The van der Waals surface area contributed by atoms with Crippen molar-refractivity contribution in [2.45, 2.75) is 45.5 Å². The Balaban J connectivity index is 0.00000312. The van der Waals surface area contributed by atoms with E-state index in [2.05, 4.69) is 27.5 Å². The summed E-state index contributed by atoms with van der Waals surface area (Å²) < 4.78 is 37.4. The molecule has 0 spiro atoms. The lowest BCUT2D eigenvalue weighted by Crippen LogP contribution is -2.45. The maximum absolute atomic E-state index is 12.5. The van der Waals surface area contributed by atoms with Crippen LogP contribution in [0.3, 0.4) is 0 Å². The van der Waals surface area contributed by atoms with Crippen molar-refractivity contribution < 1.29 is 13.2 Å². The van der Waals surface area contributed by atoms with Gasteiger partial charge in [-0.3, -0.25) is 4.90 Å². The monoisotopic (exact) mass is 491 g/mol. The van der Waals surface area contributed by atoms with Crippen LogP contribution in [0.4, 0.5) is 13.2 Å². The highest BCUT2D eigenvalue weighted by Gasteiger charge is 2.34. The molecule has 2 heterocycles. The van der Waals surface area contributed by atoms with Crippen LogP contribution in [0.25, 0.3) is 0 Å². The first-order valence-electron chi connectivity index (χ1n) is 8.17. The average Bonchev–Trinajstić information content (AvgIpc) is 3.12. The van der Waals surface area contributed by atoms with Gasteiger partial charge < -0.3 is 10.6 Å². The van der Waals surface area contributed by atoms with Gasteiger partial charge in [0.25, 0.3) is 0 Å². The minimum absolute atomic E-state index is 0. The predicted molar refractivity (Wildman–Crippen MR) is 106 cm³/mol. The molecule has 2 rings (SSSR count). The van der Waals surface area contributed by atoms with Crippen LogP contribution in [0.5, 0.6) is 0 Å². The zero-order chi connectivity index (χ0) is 17.6. The van der Waals surface area contributed by atoms with Gasteiger partial charge in [-0.05, 0) is 19.8 Å². The van der Waals surface area contributed by atoms with Gasteiger partial charge in [-0.2, -0.15) is 13.2 Å². The molecule has 144 valence electrons. The van der Waals surface area contributed by atoms with Gasteiger partial charge in [-0.1, -0.05) is 6.92 Å². The van der Waals surface area contributed by atoms with Gasteiger partial charge in [0.15, 0.2) is 5.96 Å². The van der Waals surface area contributed by atoms with Gasteiger partial charge >= 0.3 is 6.18 Å². The van der Waals surface area contributed by atoms with E-state index in [4.69, 9.17) is 0 Å². The topological polar surface area (TPSA) is 52.6 Å². The third-order valence-electron chi connectivity index (χ3n) is 3.68.